The second-order valence-electron chi connectivity index (χ2n) is 8.08. The average molecular weight is 403 g/mol. The maximum Gasteiger partial charge on any atom is 0.273 e. The van der Waals surface area contributed by atoms with Gasteiger partial charge in [0.1, 0.15) is 11.5 Å². The molecule has 2 fully saturated rings. The minimum atomic E-state index is -0.0347. The van der Waals surface area contributed by atoms with Gasteiger partial charge in [-0.05, 0) is 54.2 Å². The summed E-state index contributed by atoms with van der Waals surface area (Å²) in [4.78, 5) is 15.9. The van der Waals surface area contributed by atoms with E-state index in [2.05, 4.69) is 20.4 Å². The van der Waals surface area contributed by atoms with Crippen LogP contribution < -0.4 is 0 Å². The van der Waals surface area contributed by atoms with Crippen molar-refractivity contribution in [2.24, 2.45) is 5.92 Å². The van der Waals surface area contributed by atoms with E-state index in [1.165, 1.54) is 25.7 Å². The topological polar surface area (TPSA) is 77.0 Å². The third kappa shape index (κ3) is 3.56. The van der Waals surface area contributed by atoms with Gasteiger partial charge in [-0.2, -0.15) is 4.68 Å². The zero-order valence-electron chi connectivity index (χ0n) is 16.9. The van der Waals surface area contributed by atoms with Gasteiger partial charge < -0.3 is 9.32 Å². The van der Waals surface area contributed by atoms with Gasteiger partial charge in [-0.25, -0.2) is 0 Å². The summed E-state index contributed by atoms with van der Waals surface area (Å²) in [6.07, 6.45) is 10.3. The number of tetrazole rings is 1. The minimum absolute atomic E-state index is 0.0347. The predicted octanol–water partition coefficient (Wildman–Crippen LogP) is 4.11. The van der Waals surface area contributed by atoms with Crippen molar-refractivity contribution in [3.8, 4) is 11.4 Å². The normalized spacial score (nSPS) is 22.0. The summed E-state index contributed by atoms with van der Waals surface area (Å²) in [5.41, 5.74) is 1.27. The van der Waals surface area contributed by atoms with Crippen molar-refractivity contribution in [2.45, 2.75) is 44.6 Å². The summed E-state index contributed by atoms with van der Waals surface area (Å²) < 4.78 is 7.07. The second-order valence-corrected chi connectivity index (χ2v) is 8.08. The summed E-state index contributed by atoms with van der Waals surface area (Å²) in [7, 11) is 0. The standard InChI is InChI=1S/C23H25N5O2/c29-23(27-14-6-11-17-8-4-5-13-20(17)27)21(16-19-12-7-15-30-19)28-22(24-25-26-28)18-9-2-1-3-10-18/h1-3,7,9-10,12,15-17,20H,4-6,8,11,13-14H2. The fraction of sp³-hybridized carbons (Fsp3) is 0.391. The highest BCUT2D eigenvalue weighted by atomic mass is 16.3. The molecule has 7 heteroatoms. The van der Waals surface area contributed by atoms with Crippen LogP contribution in [0.15, 0.2) is 53.1 Å². The van der Waals surface area contributed by atoms with E-state index in [0.29, 0.717) is 29.2 Å². The largest absolute Gasteiger partial charge is 0.465 e. The molecule has 2 aromatic heterocycles. The Bertz CT molecular complexity index is 1020. The number of nitrogens with zero attached hydrogens (tertiary/aromatic N) is 5. The molecule has 2 atom stereocenters. The lowest BCUT2D eigenvalue weighted by Crippen LogP contribution is -2.50. The van der Waals surface area contributed by atoms with Gasteiger partial charge in [0, 0.05) is 24.2 Å². The number of rotatable bonds is 4. The Morgan fingerprint density at radius 3 is 2.70 bits per heavy atom. The molecular formula is C23H25N5O2. The first kappa shape index (κ1) is 18.8. The van der Waals surface area contributed by atoms with Gasteiger partial charge in [-0.3, -0.25) is 4.79 Å². The number of carbonyl (C=O) groups excluding carboxylic acids is 1. The molecule has 0 spiro atoms. The number of hydrogen-bond acceptors (Lipinski definition) is 5. The smallest absolute Gasteiger partial charge is 0.273 e. The number of furan rings is 1. The fourth-order valence-corrected chi connectivity index (χ4v) is 4.86. The summed E-state index contributed by atoms with van der Waals surface area (Å²) >= 11 is 0. The Balaban J connectivity index is 1.56. The first-order valence-corrected chi connectivity index (χ1v) is 10.7. The summed E-state index contributed by atoms with van der Waals surface area (Å²) in [6, 6.07) is 13.6. The molecule has 2 unspecified atom stereocenters. The van der Waals surface area contributed by atoms with E-state index in [1.54, 1.807) is 17.0 Å². The number of carbonyl (C=O) groups is 1. The highest BCUT2D eigenvalue weighted by Gasteiger charge is 2.37. The molecule has 5 rings (SSSR count). The van der Waals surface area contributed by atoms with Crippen LogP contribution in [0.1, 0.15) is 44.3 Å². The molecular weight excluding hydrogens is 378 g/mol. The quantitative estimate of drug-likeness (QED) is 0.613. The number of piperidine rings is 1. The van der Waals surface area contributed by atoms with Crippen LogP contribution in [0.2, 0.25) is 0 Å². The van der Waals surface area contributed by atoms with E-state index in [4.69, 9.17) is 4.42 Å². The molecule has 3 heterocycles. The first-order valence-electron chi connectivity index (χ1n) is 10.7. The van der Waals surface area contributed by atoms with Crippen LogP contribution in [-0.4, -0.2) is 43.6 Å². The number of amides is 1. The molecule has 2 aliphatic rings. The molecule has 1 saturated heterocycles. The number of benzene rings is 1. The van der Waals surface area contributed by atoms with E-state index in [1.807, 2.05) is 42.5 Å². The van der Waals surface area contributed by atoms with Crippen LogP contribution in [0.3, 0.4) is 0 Å². The maximum absolute atomic E-state index is 13.9. The van der Waals surface area contributed by atoms with Gasteiger partial charge in [0.25, 0.3) is 5.91 Å². The lowest BCUT2D eigenvalue weighted by Gasteiger charge is -2.44. The third-order valence-corrected chi connectivity index (χ3v) is 6.28. The van der Waals surface area contributed by atoms with Crippen molar-refractivity contribution in [3.63, 3.8) is 0 Å². The van der Waals surface area contributed by atoms with Crippen molar-refractivity contribution in [1.82, 2.24) is 25.1 Å². The van der Waals surface area contributed by atoms with Crippen molar-refractivity contribution < 1.29 is 9.21 Å². The molecule has 3 aromatic rings. The summed E-state index contributed by atoms with van der Waals surface area (Å²) in [6.45, 7) is 0.776. The Morgan fingerprint density at radius 1 is 1.03 bits per heavy atom. The van der Waals surface area contributed by atoms with Crippen molar-refractivity contribution in [1.29, 1.82) is 0 Å². The lowest BCUT2D eigenvalue weighted by atomic mass is 9.78. The van der Waals surface area contributed by atoms with Crippen LogP contribution in [0, 0.1) is 5.92 Å². The molecule has 7 nitrogen and oxygen atoms in total. The number of likely N-dealkylation sites (tertiary alicyclic amines) is 1. The molecule has 0 radical (unpaired) electrons. The van der Waals surface area contributed by atoms with Gasteiger partial charge in [-0.1, -0.05) is 43.2 Å². The average Bonchev–Trinajstić information content (AvgIpc) is 3.49. The molecule has 30 heavy (non-hydrogen) atoms. The molecule has 0 bridgehead atoms. The molecule has 0 N–H and O–H groups in total. The number of aromatic nitrogens is 4. The van der Waals surface area contributed by atoms with Crippen molar-refractivity contribution >= 4 is 17.7 Å². The lowest BCUT2D eigenvalue weighted by molar-refractivity contribution is -0.131. The van der Waals surface area contributed by atoms with Gasteiger partial charge in [0.2, 0.25) is 0 Å². The van der Waals surface area contributed by atoms with E-state index in [9.17, 15) is 4.79 Å². The number of fused-ring (bicyclic) bond motifs is 1. The van der Waals surface area contributed by atoms with Crippen LogP contribution in [0.25, 0.3) is 23.2 Å². The zero-order chi connectivity index (χ0) is 20.3. The SMILES string of the molecule is O=C(C(=Cc1ccco1)n1nnnc1-c1ccccc1)N1CCCC2CCCCC21. The van der Waals surface area contributed by atoms with E-state index >= 15 is 0 Å². The maximum atomic E-state index is 13.9. The van der Waals surface area contributed by atoms with Crippen molar-refractivity contribution in [2.75, 3.05) is 6.54 Å². The van der Waals surface area contributed by atoms with Crippen LogP contribution >= 0.6 is 0 Å². The Morgan fingerprint density at radius 2 is 1.87 bits per heavy atom. The Kier molecular flexibility index (Phi) is 5.17. The van der Waals surface area contributed by atoms with Crippen LogP contribution in [-0.2, 0) is 4.79 Å². The monoisotopic (exact) mass is 403 g/mol. The van der Waals surface area contributed by atoms with Crippen LogP contribution in [0.5, 0.6) is 0 Å². The number of hydrogen-bond donors (Lipinski definition) is 0. The molecule has 1 saturated carbocycles. The summed E-state index contributed by atoms with van der Waals surface area (Å²) in [5, 5.41) is 12.3. The van der Waals surface area contributed by atoms with E-state index < -0.39 is 0 Å². The van der Waals surface area contributed by atoms with Crippen LogP contribution in [0.4, 0.5) is 0 Å². The zero-order valence-corrected chi connectivity index (χ0v) is 16.9. The third-order valence-electron chi connectivity index (χ3n) is 6.28. The van der Waals surface area contributed by atoms with E-state index in [0.717, 1.165) is 24.9 Å². The Hall–Kier alpha value is -3.22. The minimum Gasteiger partial charge on any atom is -0.465 e. The molecule has 1 amide bonds. The highest BCUT2D eigenvalue weighted by Crippen LogP contribution is 2.36. The molecule has 1 aromatic carbocycles. The second kappa shape index (κ2) is 8.26. The fourth-order valence-electron chi connectivity index (χ4n) is 4.86. The van der Waals surface area contributed by atoms with Gasteiger partial charge in [0.05, 0.1) is 6.26 Å². The first-order chi connectivity index (χ1) is 14.8. The van der Waals surface area contributed by atoms with Gasteiger partial charge in [-0.15, -0.1) is 5.10 Å². The van der Waals surface area contributed by atoms with Crippen molar-refractivity contribution in [3.05, 3.63) is 54.5 Å². The van der Waals surface area contributed by atoms with Gasteiger partial charge in [0.15, 0.2) is 5.82 Å². The predicted molar refractivity (Wildman–Crippen MR) is 113 cm³/mol. The van der Waals surface area contributed by atoms with E-state index in [-0.39, 0.29) is 5.91 Å². The Labute approximate surface area is 175 Å². The summed E-state index contributed by atoms with van der Waals surface area (Å²) in [5.74, 6) is 1.71. The molecule has 1 aliphatic heterocycles. The highest BCUT2D eigenvalue weighted by molar-refractivity contribution is 6.18. The van der Waals surface area contributed by atoms with Gasteiger partial charge >= 0.3 is 0 Å². The molecule has 154 valence electrons. The molecule has 1 aliphatic carbocycles.